The zero-order valence-corrected chi connectivity index (χ0v) is 19.6. The van der Waals surface area contributed by atoms with Gasteiger partial charge in [0, 0.05) is 29.0 Å². The summed E-state index contributed by atoms with van der Waals surface area (Å²) in [7, 11) is 0. The number of esters is 1. The van der Waals surface area contributed by atoms with Crippen LogP contribution in [-0.2, 0) is 14.3 Å². The zero-order chi connectivity index (χ0) is 24.2. The highest BCUT2D eigenvalue weighted by molar-refractivity contribution is 6.04. The Bertz CT molecular complexity index is 1160. The molecule has 0 radical (unpaired) electrons. The van der Waals surface area contributed by atoms with Crippen LogP contribution >= 0.6 is 0 Å². The molecule has 0 spiro atoms. The molecule has 1 aromatic carbocycles. The first-order valence-corrected chi connectivity index (χ1v) is 11.7. The standard InChI is InChI=1S/C25H28N2O7/c1-13-21(24(29)34-14-6-4-5-7-14)22(23-16(26-13)10-25(2,3)11-18(23)28)15-8-19-20(33-12-32-19)9-17(15)27(30)31/h8-9,14,22,26H,4-7,10-12H2,1-3H3/t22-/m0/s1. The molecule has 9 nitrogen and oxygen atoms in total. The molecule has 2 aliphatic heterocycles. The van der Waals surface area contributed by atoms with Crippen molar-refractivity contribution in [2.24, 2.45) is 5.41 Å². The lowest BCUT2D eigenvalue weighted by molar-refractivity contribution is -0.385. The average molecular weight is 469 g/mol. The van der Waals surface area contributed by atoms with Crippen LogP contribution in [0.25, 0.3) is 0 Å². The molecule has 0 aromatic heterocycles. The van der Waals surface area contributed by atoms with Gasteiger partial charge in [0.25, 0.3) is 5.69 Å². The molecule has 1 N–H and O–H groups in total. The summed E-state index contributed by atoms with van der Waals surface area (Å²) in [4.78, 5) is 38.6. The van der Waals surface area contributed by atoms with E-state index in [1.807, 2.05) is 13.8 Å². The van der Waals surface area contributed by atoms with Crippen LogP contribution in [0.1, 0.15) is 70.8 Å². The Morgan fingerprint density at radius 3 is 2.53 bits per heavy atom. The van der Waals surface area contributed by atoms with Crippen LogP contribution in [-0.4, -0.2) is 29.6 Å². The molecule has 5 rings (SSSR count). The maximum atomic E-state index is 13.5. The molecule has 1 aromatic rings. The number of allylic oxidation sites excluding steroid dienone is 3. The number of benzene rings is 1. The van der Waals surface area contributed by atoms with E-state index in [4.69, 9.17) is 14.2 Å². The minimum Gasteiger partial charge on any atom is -0.459 e. The number of carbonyl (C=O) groups is 2. The molecule has 9 heteroatoms. The van der Waals surface area contributed by atoms with Crippen LogP contribution in [0, 0.1) is 15.5 Å². The van der Waals surface area contributed by atoms with Crippen LogP contribution in [0.5, 0.6) is 11.5 Å². The summed E-state index contributed by atoms with van der Waals surface area (Å²) in [5.74, 6) is -0.979. The molecule has 2 aliphatic carbocycles. The molecule has 0 amide bonds. The van der Waals surface area contributed by atoms with Gasteiger partial charge in [0.2, 0.25) is 6.79 Å². The van der Waals surface area contributed by atoms with Crippen molar-refractivity contribution in [1.29, 1.82) is 0 Å². The normalized spacial score (nSPS) is 23.6. The third-order valence-electron chi connectivity index (χ3n) is 7.07. The Hall–Kier alpha value is -3.36. The van der Waals surface area contributed by atoms with Gasteiger partial charge in [-0.1, -0.05) is 13.8 Å². The van der Waals surface area contributed by atoms with Crippen LogP contribution in [0.4, 0.5) is 5.69 Å². The Morgan fingerprint density at radius 1 is 1.18 bits per heavy atom. The quantitative estimate of drug-likeness (QED) is 0.392. The largest absolute Gasteiger partial charge is 0.459 e. The highest BCUT2D eigenvalue weighted by Gasteiger charge is 2.46. The number of hydrogen-bond donors (Lipinski definition) is 1. The summed E-state index contributed by atoms with van der Waals surface area (Å²) in [5, 5.41) is 15.4. The number of carbonyl (C=O) groups excluding carboxylic acids is 2. The number of Topliss-reactive ketones (excluding diaryl/α,β-unsaturated/α-hetero) is 1. The summed E-state index contributed by atoms with van der Waals surface area (Å²) in [6, 6.07) is 2.84. The van der Waals surface area contributed by atoms with Crippen molar-refractivity contribution < 1.29 is 28.7 Å². The fraction of sp³-hybridized carbons (Fsp3) is 0.520. The topological polar surface area (TPSA) is 117 Å². The van der Waals surface area contributed by atoms with Crippen molar-refractivity contribution >= 4 is 17.4 Å². The van der Waals surface area contributed by atoms with Crippen molar-refractivity contribution in [1.82, 2.24) is 5.32 Å². The second kappa shape index (κ2) is 8.14. The minimum absolute atomic E-state index is 0.0469. The predicted octanol–water partition coefficient (Wildman–Crippen LogP) is 4.41. The number of nitrogens with one attached hydrogen (secondary N) is 1. The molecule has 1 saturated carbocycles. The van der Waals surface area contributed by atoms with E-state index in [0.717, 1.165) is 25.7 Å². The van der Waals surface area contributed by atoms with E-state index in [1.165, 1.54) is 12.1 Å². The third-order valence-corrected chi connectivity index (χ3v) is 7.07. The minimum atomic E-state index is -0.927. The lowest BCUT2D eigenvalue weighted by Crippen LogP contribution is -2.39. The maximum absolute atomic E-state index is 13.5. The Morgan fingerprint density at radius 2 is 1.85 bits per heavy atom. The van der Waals surface area contributed by atoms with E-state index in [9.17, 15) is 19.7 Å². The lowest BCUT2D eigenvalue weighted by atomic mass is 9.68. The van der Waals surface area contributed by atoms with Crippen molar-refractivity contribution in [3.05, 3.63) is 50.4 Å². The molecule has 2 heterocycles. The zero-order valence-electron chi connectivity index (χ0n) is 19.6. The van der Waals surface area contributed by atoms with Crippen molar-refractivity contribution in [3.8, 4) is 11.5 Å². The number of nitro benzene ring substituents is 1. The first-order valence-electron chi connectivity index (χ1n) is 11.7. The lowest BCUT2D eigenvalue weighted by Gasteiger charge is -2.39. The number of hydrogen-bond acceptors (Lipinski definition) is 8. The molecule has 0 bridgehead atoms. The second-order valence-electron chi connectivity index (χ2n) is 10.3. The highest BCUT2D eigenvalue weighted by Crippen LogP contribution is 2.51. The van der Waals surface area contributed by atoms with Crippen molar-refractivity contribution in [2.45, 2.75) is 71.3 Å². The first-order chi connectivity index (χ1) is 16.1. The van der Waals surface area contributed by atoms with Crippen LogP contribution in [0.3, 0.4) is 0 Å². The van der Waals surface area contributed by atoms with E-state index in [2.05, 4.69) is 5.32 Å². The molecule has 34 heavy (non-hydrogen) atoms. The summed E-state index contributed by atoms with van der Waals surface area (Å²) < 4.78 is 16.7. The average Bonchev–Trinajstić information content (AvgIpc) is 3.41. The summed E-state index contributed by atoms with van der Waals surface area (Å²) >= 11 is 0. The molecule has 4 aliphatic rings. The summed E-state index contributed by atoms with van der Waals surface area (Å²) in [6.45, 7) is 5.73. The number of rotatable bonds is 4. The highest BCUT2D eigenvalue weighted by atomic mass is 16.7. The van der Waals surface area contributed by atoms with Gasteiger partial charge in [0.15, 0.2) is 17.3 Å². The van der Waals surface area contributed by atoms with E-state index in [0.29, 0.717) is 29.1 Å². The van der Waals surface area contributed by atoms with E-state index >= 15 is 0 Å². The van der Waals surface area contributed by atoms with E-state index in [1.54, 1.807) is 6.92 Å². The molecular formula is C25H28N2O7. The summed E-state index contributed by atoms with van der Waals surface area (Å²) in [5.41, 5.74) is 1.62. The number of ether oxygens (including phenoxy) is 3. The van der Waals surface area contributed by atoms with E-state index in [-0.39, 0.29) is 53.1 Å². The van der Waals surface area contributed by atoms with Crippen molar-refractivity contribution in [3.63, 3.8) is 0 Å². The molecule has 180 valence electrons. The Kier molecular flexibility index (Phi) is 5.37. The molecule has 1 fully saturated rings. The van der Waals surface area contributed by atoms with Gasteiger partial charge in [-0.05, 0) is 50.5 Å². The first kappa shape index (κ1) is 22.4. The van der Waals surface area contributed by atoms with Gasteiger partial charge in [-0.2, -0.15) is 0 Å². The van der Waals surface area contributed by atoms with Crippen LogP contribution in [0.15, 0.2) is 34.7 Å². The van der Waals surface area contributed by atoms with Gasteiger partial charge in [0.1, 0.15) is 6.10 Å². The fourth-order valence-electron chi connectivity index (χ4n) is 5.58. The number of nitro groups is 1. The van der Waals surface area contributed by atoms with Crippen LogP contribution < -0.4 is 14.8 Å². The van der Waals surface area contributed by atoms with Gasteiger partial charge < -0.3 is 19.5 Å². The second-order valence-corrected chi connectivity index (χ2v) is 10.3. The number of ketones is 1. The number of fused-ring (bicyclic) bond motifs is 1. The molecule has 0 saturated heterocycles. The van der Waals surface area contributed by atoms with E-state index < -0.39 is 16.8 Å². The molecular weight excluding hydrogens is 440 g/mol. The fourth-order valence-corrected chi connectivity index (χ4v) is 5.58. The number of nitrogens with zero attached hydrogens (tertiary/aromatic N) is 1. The molecule has 0 unspecified atom stereocenters. The predicted molar refractivity (Wildman–Crippen MR) is 121 cm³/mol. The van der Waals surface area contributed by atoms with Crippen LogP contribution in [0.2, 0.25) is 0 Å². The van der Waals surface area contributed by atoms with Gasteiger partial charge in [-0.15, -0.1) is 0 Å². The van der Waals surface area contributed by atoms with Gasteiger partial charge >= 0.3 is 5.97 Å². The maximum Gasteiger partial charge on any atom is 0.337 e. The van der Waals surface area contributed by atoms with Gasteiger partial charge in [-0.25, -0.2) is 4.79 Å². The SMILES string of the molecule is CC1=C(C(=O)OC2CCCC2)[C@H](c2cc3c(cc2[N+](=O)[O-])OCO3)C2=C(CC(C)(C)CC2=O)N1. The number of dihydropyridines is 1. The van der Waals surface area contributed by atoms with Gasteiger partial charge in [0.05, 0.1) is 22.5 Å². The Balaban J connectivity index is 1.68. The molecule has 1 atom stereocenters. The smallest absolute Gasteiger partial charge is 0.337 e. The Labute approximate surface area is 197 Å². The summed E-state index contributed by atoms with van der Waals surface area (Å²) in [6.07, 6.45) is 4.26. The van der Waals surface area contributed by atoms with Crippen molar-refractivity contribution in [2.75, 3.05) is 6.79 Å². The third kappa shape index (κ3) is 3.82. The monoisotopic (exact) mass is 468 g/mol. The van der Waals surface area contributed by atoms with Gasteiger partial charge in [-0.3, -0.25) is 14.9 Å².